The highest BCUT2D eigenvalue weighted by molar-refractivity contribution is 5.58. The van der Waals surface area contributed by atoms with Gasteiger partial charge in [-0.2, -0.15) is 0 Å². The first kappa shape index (κ1) is 19.3. The lowest BCUT2D eigenvalue weighted by molar-refractivity contribution is 0.434. The minimum absolute atomic E-state index is 0.124. The van der Waals surface area contributed by atoms with Gasteiger partial charge >= 0.3 is 0 Å². The lowest BCUT2D eigenvalue weighted by Gasteiger charge is -2.25. The number of aliphatic hydroxyl groups is 1. The van der Waals surface area contributed by atoms with Crippen molar-refractivity contribution in [3.8, 4) is 5.69 Å². The second-order valence-electron chi connectivity index (χ2n) is 7.67. The van der Waals surface area contributed by atoms with E-state index in [9.17, 15) is 5.11 Å². The first-order chi connectivity index (χ1) is 13.1. The minimum atomic E-state index is 0.124. The molecule has 1 aromatic heterocycles. The van der Waals surface area contributed by atoms with Crippen molar-refractivity contribution in [1.82, 2.24) is 4.57 Å². The number of aryl methyl sites for hydroxylation is 1. The maximum atomic E-state index is 9.51. The maximum Gasteiger partial charge on any atom is 0.108 e. The molecular weight excluding hydrogens is 332 g/mol. The largest absolute Gasteiger partial charge is 0.509 e. The molecule has 0 amide bonds. The number of aliphatic hydroxyl groups excluding tert-OH is 1. The molecule has 3 rings (SSSR count). The third kappa shape index (κ3) is 5.06. The Morgan fingerprint density at radius 3 is 2.74 bits per heavy atom. The maximum absolute atomic E-state index is 9.51. The number of anilines is 1. The molecular formula is C24H32N2O. The van der Waals surface area contributed by atoms with E-state index in [0.29, 0.717) is 6.04 Å². The fourth-order valence-electron chi connectivity index (χ4n) is 3.94. The van der Waals surface area contributed by atoms with Crippen molar-refractivity contribution in [2.45, 2.75) is 64.8 Å². The lowest BCUT2D eigenvalue weighted by atomic mass is 9.95. The highest BCUT2D eigenvalue weighted by atomic mass is 16.3. The fraction of sp³-hybridized carbons (Fsp3) is 0.417. The Hall–Kier alpha value is -2.42. The van der Waals surface area contributed by atoms with Crippen molar-refractivity contribution in [2.75, 3.05) is 5.32 Å². The molecule has 2 aromatic rings. The molecule has 0 radical (unpaired) electrons. The van der Waals surface area contributed by atoms with Crippen LogP contribution in [0.3, 0.4) is 0 Å². The molecule has 1 aromatic carbocycles. The van der Waals surface area contributed by atoms with Gasteiger partial charge in [-0.15, -0.1) is 0 Å². The first-order valence-corrected chi connectivity index (χ1v) is 10.2. The zero-order valence-corrected chi connectivity index (χ0v) is 16.7. The van der Waals surface area contributed by atoms with E-state index in [1.165, 1.54) is 60.3 Å². The van der Waals surface area contributed by atoms with Gasteiger partial charge in [-0.1, -0.05) is 44.4 Å². The van der Waals surface area contributed by atoms with Crippen LogP contribution in [-0.2, 0) is 6.42 Å². The van der Waals surface area contributed by atoms with Gasteiger partial charge in [-0.05, 0) is 62.1 Å². The van der Waals surface area contributed by atoms with E-state index in [4.69, 9.17) is 0 Å². The number of benzene rings is 1. The predicted octanol–water partition coefficient (Wildman–Crippen LogP) is 6.48. The van der Waals surface area contributed by atoms with Crippen LogP contribution in [-0.4, -0.2) is 15.7 Å². The van der Waals surface area contributed by atoms with Gasteiger partial charge in [-0.25, -0.2) is 0 Å². The predicted molar refractivity (Wildman–Crippen MR) is 115 cm³/mol. The molecule has 0 aliphatic heterocycles. The van der Waals surface area contributed by atoms with Crippen molar-refractivity contribution in [3.05, 3.63) is 71.8 Å². The molecule has 144 valence electrons. The van der Waals surface area contributed by atoms with E-state index in [2.05, 4.69) is 66.8 Å². The molecule has 3 heteroatoms. The number of rotatable bonds is 7. The van der Waals surface area contributed by atoms with Crippen LogP contribution in [0, 0.1) is 6.92 Å². The summed E-state index contributed by atoms with van der Waals surface area (Å²) in [4.78, 5) is 0. The molecule has 0 spiro atoms. The van der Waals surface area contributed by atoms with E-state index in [0.717, 1.165) is 12.8 Å². The molecule has 0 atom stereocenters. The average molecular weight is 365 g/mol. The molecule has 0 bridgehead atoms. The summed E-state index contributed by atoms with van der Waals surface area (Å²) < 4.78 is 2.25. The van der Waals surface area contributed by atoms with Gasteiger partial charge in [0.15, 0.2) is 0 Å². The highest BCUT2D eigenvalue weighted by Gasteiger charge is 2.14. The van der Waals surface area contributed by atoms with Crippen molar-refractivity contribution in [1.29, 1.82) is 0 Å². The van der Waals surface area contributed by atoms with Crippen LogP contribution < -0.4 is 5.32 Å². The summed E-state index contributed by atoms with van der Waals surface area (Å²) in [6.07, 6.45) is 12.2. The Labute approximate surface area is 163 Å². The Morgan fingerprint density at radius 2 is 2.04 bits per heavy atom. The standard InChI is InChI=1S/C24H32N2O/c1-4-20(15-19(3)27)16-22-11-8-14-26(22)23-13-12-18(2)24(17-23)25-21-9-6-5-7-10-21/h8,11-15,17,21,25,27H,3-7,9-10,16H2,1-2H3/b20-15+. The number of hydrogen-bond acceptors (Lipinski definition) is 2. The number of aromatic nitrogens is 1. The average Bonchev–Trinajstić information content (AvgIpc) is 3.11. The Balaban J connectivity index is 1.83. The quantitative estimate of drug-likeness (QED) is 0.436. The van der Waals surface area contributed by atoms with Gasteiger partial charge in [-0.3, -0.25) is 0 Å². The number of nitrogens with zero attached hydrogens (tertiary/aromatic N) is 1. The van der Waals surface area contributed by atoms with Crippen LogP contribution in [0.1, 0.15) is 56.7 Å². The molecule has 1 saturated carbocycles. The van der Waals surface area contributed by atoms with Gasteiger partial charge in [0.1, 0.15) is 5.76 Å². The van der Waals surface area contributed by atoms with E-state index in [-0.39, 0.29) is 5.76 Å². The smallest absolute Gasteiger partial charge is 0.108 e. The van der Waals surface area contributed by atoms with Crippen LogP contribution >= 0.6 is 0 Å². The number of nitrogens with one attached hydrogen (secondary N) is 1. The summed E-state index contributed by atoms with van der Waals surface area (Å²) in [5.74, 6) is 0.124. The Morgan fingerprint density at radius 1 is 1.26 bits per heavy atom. The summed E-state index contributed by atoms with van der Waals surface area (Å²) in [6, 6.07) is 11.5. The van der Waals surface area contributed by atoms with E-state index >= 15 is 0 Å². The molecule has 1 aliphatic carbocycles. The second-order valence-corrected chi connectivity index (χ2v) is 7.67. The first-order valence-electron chi connectivity index (χ1n) is 10.2. The van der Waals surface area contributed by atoms with E-state index in [1.807, 2.05) is 0 Å². The number of allylic oxidation sites excluding steroid dienone is 2. The number of hydrogen-bond donors (Lipinski definition) is 2. The SMILES string of the molecule is C=C(O)/C=C(\CC)Cc1cccn1-c1ccc(C)c(NC2CCCCC2)c1. The molecule has 0 saturated heterocycles. The summed E-state index contributed by atoms with van der Waals surface area (Å²) in [5, 5.41) is 13.3. The van der Waals surface area contributed by atoms with Crippen molar-refractivity contribution in [2.24, 2.45) is 0 Å². The summed E-state index contributed by atoms with van der Waals surface area (Å²) >= 11 is 0. The van der Waals surface area contributed by atoms with E-state index in [1.54, 1.807) is 6.08 Å². The van der Waals surface area contributed by atoms with Crippen molar-refractivity contribution < 1.29 is 5.11 Å². The van der Waals surface area contributed by atoms with Gasteiger partial charge in [0.2, 0.25) is 0 Å². The second kappa shape index (κ2) is 8.98. The van der Waals surface area contributed by atoms with Crippen LogP contribution in [0.5, 0.6) is 0 Å². The highest BCUT2D eigenvalue weighted by Crippen LogP contribution is 2.27. The van der Waals surface area contributed by atoms with Gasteiger partial charge < -0.3 is 15.0 Å². The van der Waals surface area contributed by atoms with Crippen LogP contribution in [0.4, 0.5) is 5.69 Å². The monoisotopic (exact) mass is 364 g/mol. The summed E-state index contributed by atoms with van der Waals surface area (Å²) in [6.45, 7) is 7.88. The topological polar surface area (TPSA) is 37.2 Å². The molecule has 1 heterocycles. The van der Waals surface area contributed by atoms with Crippen LogP contribution in [0.2, 0.25) is 0 Å². The van der Waals surface area contributed by atoms with E-state index < -0.39 is 0 Å². The molecule has 1 aliphatic rings. The van der Waals surface area contributed by atoms with Gasteiger partial charge in [0, 0.05) is 35.7 Å². The van der Waals surface area contributed by atoms with Crippen LogP contribution in [0.15, 0.2) is 60.5 Å². The molecule has 3 nitrogen and oxygen atoms in total. The minimum Gasteiger partial charge on any atom is -0.509 e. The van der Waals surface area contributed by atoms with Gasteiger partial charge in [0.25, 0.3) is 0 Å². The normalized spacial score (nSPS) is 15.7. The zero-order valence-electron chi connectivity index (χ0n) is 16.7. The Bertz CT molecular complexity index is 810. The summed E-state index contributed by atoms with van der Waals surface area (Å²) in [7, 11) is 0. The molecule has 1 fully saturated rings. The zero-order chi connectivity index (χ0) is 19.2. The third-order valence-electron chi connectivity index (χ3n) is 5.53. The van der Waals surface area contributed by atoms with Gasteiger partial charge in [0.05, 0.1) is 0 Å². The molecule has 2 N–H and O–H groups in total. The summed E-state index contributed by atoms with van der Waals surface area (Å²) in [5.41, 5.74) is 6.11. The van der Waals surface area contributed by atoms with Crippen molar-refractivity contribution >= 4 is 5.69 Å². The molecule has 0 unspecified atom stereocenters. The molecule has 27 heavy (non-hydrogen) atoms. The Kier molecular flexibility index (Phi) is 6.44. The lowest BCUT2D eigenvalue weighted by Crippen LogP contribution is -2.22. The fourth-order valence-corrected chi connectivity index (χ4v) is 3.94. The van der Waals surface area contributed by atoms with Crippen LogP contribution in [0.25, 0.3) is 5.69 Å². The van der Waals surface area contributed by atoms with Crippen molar-refractivity contribution in [3.63, 3.8) is 0 Å². The third-order valence-corrected chi connectivity index (χ3v) is 5.53.